The van der Waals surface area contributed by atoms with Crippen LogP contribution in [-0.2, 0) is 16.4 Å². The van der Waals surface area contributed by atoms with Crippen molar-refractivity contribution in [2.75, 3.05) is 0 Å². The minimum Gasteiger partial charge on any atom is -0.258 e. The van der Waals surface area contributed by atoms with Crippen LogP contribution in [0, 0.1) is 10.1 Å². The molecule has 0 aliphatic heterocycles. The number of rotatable bonds is 4. The standard InChI is InChI=1S/C16H16N2O4S/c19-18(20)13-7-4-8-14(11-13)23(21,22)17-16-10-3-6-12-5-1-2-9-15(12)16/h1-2,4-5,7-9,11,16-17H,3,6,10H2/t16-/m1/s1. The van der Waals surface area contributed by atoms with Crippen molar-refractivity contribution in [1.82, 2.24) is 4.72 Å². The second kappa shape index (κ2) is 6.10. The Morgan fingerprint density at radius 1 is 1.13 bits per heavy atom. The van der Waals surface area contributed by atoms with Crippen molar-refractivity contribution in [2.45, 2.75) is 30.2 Å². The van der Waals surface area contributed by atoms with Crippen LogP contribution in [0.4, 0.5) is 5.69 Å². The summed E-state index contributed by atoms with van der Waals surface area (Å²) in [6.45, 7) is 0. The van der Waals surface area contributed by atoms with E-state index in [4.69, 9.17) is 0 Å². The third-order valence-corrected chi connectivity index (χ3v) is 5.47. The fourth-order valence-electron chi connectivity index (χ4n) is 2.90. The van der Waals surface area contributed by atoms with Gasteiger partial charge in [0, 0.05) is 18.2 Å². The Bertz CT molecular complexity index is 849. The molecule has 1 N–H and O–H groups in total. The number of fused-ring (bicyclic) bond motifs is 1. The highest BCUT2D eigenvalue weighted by atomic mass is 32.2. The van der Waals surface area contributed by atoms with Gasteiger partial charge in [-0.05, 0) is 36.5 Å². The van der Waals surface area contributed by atoms with Crippen molar-refractivity contribution in [3.8, 4) is 0 Å². The van der Waals surface area contributed by atoms with E-state index in [1.807, 2.05) is 24.3 Å². The molecular formula is C16H16N2O4S. The molecule has 0 aromatic heterocycles. The zero-order valence-electron chi connectivity index (χ0n) is 12.3. The Morgan fingerprint density at radius 3 is 2.70 bits per heavy atom. The van der Waals surface area contributed by atoms with Crippen molar-refractivity contribution in [3.63, 3.8) is 0 Å². The fraction of sp³-hybridized carbons (Fsp3) is 0.250. The van der Waals surface area contributed by atoms with E-state index >= 15 is 0 Å². The van der Waals surface area contributed by atoms with Gasteiger partial charge < -0.3 is 0 Å². The first-order valence-corrected chi connectivity index (χ1v) is 8.80. The first-order chi connectivity index (χ1) is 11.0. The highest BCUT2D eigenvalue weighted by Gasteiger charge is 2.26. The Kier molecular flexibility index (Phi) is 4.14. The molecule has 1 aliphatic rings. The number of nitro benzene ring substituents is 1. The highest BCUT2D eigenvalue weighted by Crippen LogP contribution is 2.31. The van der Waals surface area contributed by atoms with Crippen molar-refractivity contribution < 1.29 is 13.3 Å². The third-order valence-electron chi connectivity index (χ3n) is 4.01. The number of nitrogens with one attached hydrogen (secondary N) is 1. The molecule has 3 rings (SSSR count). The molecule has 0 saturated heterocycles. The fourth-order valence-corrected chi connectivity index (χ4v) is 4.19. The summed E-state index contributed by atoms with van der Waals surface area (Å²) in [6, 6.07) is 12.6. The lowest BCUT2D eigenvalue weighted by atomic mass is 9.88. The summed E-state index contributed by atoms with van der Waals surface area (Å²) in [5.74, 6) is 0. The molecule has 1 aliphatic carbocycles. The molecular weight excluding hydrogens is 316 g/mol. The predicted octanol–water partition coefficient (Wildman–Crippen LogP) is 2.95. The van der Waals surface area contributed by atoms with Crippen LogP contribution in [0.1, 0.15) is 30.0 Å². The highest BCUT2D eigenvalue weighted by molar-refractivity contribution is 7.89. The minimum atomic E-state index is -3.81. The molecule has 0 spiro atoms. The lowest BCUT2D eigenvalue weighted by Crippen LogP contribution is -2.31. The summed E-state index contributed by atoms with van der Waals surface area (Å²) in [4.78, 5) is 10.1. The minimum absolute atomic E-state index is 0.0882. The molecule has 2 aromatic rings. The molecule has 6 nitrogen and oxygen atoms in total. The van der Waals surface area contributed by atoms with E-state index in [2.05, 4.69) is 4.72 Å². The van der Waals surface area contributed by atoms with Gasteiger partial charge in [-0.2, -0.15) is 0 Å². The van der Waals surface area contributed by atoms with Gasteiger partial charge in [0.15, 0.2) is 0 Å². The van der Waals surface area contributed by atoms with Gasteiger partial charge >= 0.3 is 0 Å². The molecule has 0 unspecified atom stereocenters. The quantitative estimate of drug-likeness (QED) is 0.688. The van der Waals surface area contributed by atoms with Gasteiger partial charge in [0.2, 0.25) is 10.0 Å². The molecule has 0 bridgehead atoms. The van der Waals surface area contributed by atoms with Gasteiger partial charge in [-0.25, -0.2) is 13.1 Å². The van der Waals surface area contributed by atoms with Crippen molar-refractivity contribution in [3.05, 3.63) is 69.8 Å². The van der Waals surface area contributed by atoms with Gasteiger partial charge in [0.05, 0.1) is 9.82 Å². The van der Waals surface area contributed by atoms with Gasteiger partial charge in [-0.3, -0.25) is 10.1 Å². The summed E-state index contributed by atoms with van der Waals surface area (Å²) in [5, 5.41) is 10.8. The maximum atomic E-state index is 12.6. The molecule has 2 aromatic carbocycles. The Labute approximate surface area is 134 Å². The van der Waals surface area contributed by atoms with Crippen molar-refractivity contribution in [2.24, 2.45) is 0 Å². The molecule has 120 valence electrons. The zero-order chi connectivity index (χ0) is 16.4. The van der Waals surface area contributed by atoms with Gasteiger partial charge in [0.25, 0.3) is 5.69 Å². The number of benzene rings is 2. The molecule has 0 fully saturated rings. The number of nitrogens with zero attached hydrogens (tertiary/aromatic N) is 1. The van der Waals surface area contributed by atoms with Crippen LogP contribution in [0.15, 0.2) is 53.4 Å². The first kappa shape index (κ1) is 15.6. The van der Waals surface area contributed by atoms with E-state index < -0.39 is 14.9 Å². The maximum Gasteiger partial charge on any atom is 0.270 e. The number of sulfonamides is 1. The van der Waals surface area contributed by atoms with Crippen molar-refractivity contribution in [1.29, 1.82) is 0 Å². The summed E-state index contributed by atoms with van der Waals surface area (Å²) in [5.41, 5.74) is 1.88. The SMILES string of the molecule is O=[N+]([O-])c1cccc(S(=O)(=O)N[C@@H]2CCCc3ccccc32)c1. The van der Waals surface area contributed by atoms with Gasteiger partial charge in [-0.1, -0.05) is 30.3 Å². The van der Waals surface area contributed by atoms with E-state index in [1.54, 1.807) is 0 Å². The van der Waals surface area contributed by atoms with E-state index in [9.17, 15) is 18.5 Å². The molecule has 0 saturated carbocycles. The van der Waals surface area contributed by atoms with Gasteiger partial charge in [0.1, 0.15) is 0 Å². The average Bonchev–Trinajstić information content (AvgIpc) is 2.55. The third kappa shape index (κ3) is 3.25. The molecule has 23 heavy (non-hydrogen) atoms. The van der Waals surface area contributed by atoms with E-state index in [-0.39, 0.29) is 16.6 Å². The average molecular weight is 332 g/mol. The zero-order valence-corrected chi connectivity index (χ0v) is 13.1. The molecule has 7 heteroatoms. The van der Waals surface area contributed by atoms with E-state index in [0.29, 0.717) is 6.42 Å². The van der Waals surface area contributed by atoms with Crippen LogP contribution in [-0.4, -0.2) is 13.3 Å². The number of aryl methyl sites for hydroxylation is 1. The smallest absolute Gasteiger partial charge is 0.258 e. The number of hydrogen-bond acceptors (Lipinski definition) is 4. The van der Waals surface area contributed by atoms with Gasteiger partial charge in [-0.15, -0.1) is 0 Å². The number of nitro groups is 1. The second-order valence-corrected chi connectivity index (χ2v) is 7.23. The second-order valence-electron chi connectivity index (χ2n) is 5.52. The molecule has 0 amide bonds. The molecule has 0 radical (unpaired) electrons. The normalized spacial score (nSPS) is 17.5. The maximum absolute atomic E-state index is 12.6. The molecule has 0 heterocycles. The summed E-state index contributed by atoms with van der Waals surface area (Å²) in [7, 11) is -3.81. The Morgan fingerprint density at radius 2 is 1.91 bits per heavy atom. The first-order valence-electron chi connectivity index (χ1n) is 7.32. The number of hydrogen-bond donors (Lipinski definition) is 1. The topological polar surface area (TPSA) is 89.3 Å². The number of non-ortho nitro benzene ring substituents is 1. The van der Waals surface area contributed by atoms with Crippen LogP contribution < -0.4 is 4.72 Å². The monoisotopic (exact) mass is 332 g/mol. The van der Waals surface area contributed by atoms with Crippen LogP contribution >= 0.6 is 0 Å². The van der Waals surface area contributed by atoms with Crippen LogP contribution in [0.2, 0.25) is 0 Å². The van der Waals surface area contributed by atoms with Crippen LogP contribution in [0.3, 0.4) is 0 Å². The lowest BCUT2D eigenvalue weighted by Gasteiger charge is -2.26. The molecule has 1 atom stereocenters. The Balaban J connectivity index is 1.91. The van der Waals surface area contributed by atoms with Crippen LogP contribution in [0.25, 0.3) is 0 Å². The van der Waals surface area contributed by atoms with Crippen molar-refractivity contribution >= 4 is 15.7 Å². The Hall–Kier alpha value is -2.25. The predicted molar refractivity (Wildman–Crippen MR) is 85.5 cm³/mol. The van der Waals surface area contributed by atoms with Crippen LogP contribution in [0.5, 0.6) is 0 Å². The van der Waals surface area contributed by atoms with E-state index in [1.165, 1.54) is 18.2 Å². The summed E-state index contributed by atoms with van der Waals surface area (Å²) in [6.07, 6.45) is 2.55. The lowest BCUT2D eigenvalue weighted by molar-refractivity contribution is -0.385. The van der Waals surface area contributed by atoms with E-state index in [0.717, 1.165) is 30.0 Å². The largest absolute Gasteiger partial charge is 0.270 e. The summed E-state index contributed by atoms with van der Waals surface area (Å²) >= 11 is 0. The summed E-state index contributed by atoms with van der Waals surface area (Å²) < 4.78 is 27.8.